The highest BCUT2D eigenvalue weighted by atomic mass is 19.4. The molecule has 0 aliphatic rings. The van der Waals surface area contributed by atoms with Gasteiger partial charge in [0.05, 0.1) is 6.04 Å². The second-order valence-electron chi connectivity index (χ2n) is 5.35. The largest absolute Gasteiger partial charge is 0.573 e. The highest BCUT2D eigenvalue weighted by Crippen LogP contribution is 2.23. The predicted molar refractivity (Wildman–Crippen MR) is 86.0 cm³/mol. The van der Waals surface area contributed by atoms with Gasteiger partial charge in [-0.2, -0.15) is 9.78 Å². The number of amides is 1. The lowest BCUT2D eigenvalue weighted by Crippen LogP contribution is -2.29. The zero-order valence-corrected chi connectivity index (χ0v) is 13.9. The monoisotopic (exact) mass is 378 g/mol. The van der Waals surface area contributed by atoms with Crippen LogP contribution in [0.3, 0.4) is 0 Å². The summed E-state index contributed by atoms with van der Waals surface area (Å²) >= 11 is 0. The lowest BCUT2D eigenvalue weighted by atomic mass is 10.2. The Morgan fingerprint density at radius 1 is 1.19 bits per heavy atom. The normalized spacial score (nSPS) is 12.4. The van der Waals surface area contributed by atoms with Crippen LogP contribution in [0, 0.1) is 0 Å². The minimum absolute atomic E-state index is 0.00521. The van der Waals surface area contributed by atoms with Crippen molar-refractivity contribution in [2.24, 2.45) is 0 Å². The number of rotatable bonds is 5. The van der Waals surface area contributed by atoms with Gasteiger partial charge < -0.3 is 10.1 Å². The van der Waals surface area contributed by atoms with E-state index in [1.54, 1.807) is 13.0 Å². The van der Waals surface area contributed by atoms with Crippen LogP contribution in [0.1, 0.15) is 29.1 Å². The van der Waals surface area contributed by atoms with Crippen molar-refractivity contribution in [2.45, 2.75) is 19.3 Å². The maximum absolute atomic E-state index is 12.4. The number of nitrogens with one attached hydrogen (secondary N) is 1. The van der Waals surface area contributed by atoms with Crippen LogP contribution in [0.2, 0.25) is 0 Å². The van der Waals surface area contributed by atoms with E-state index in [0.29, 0.717) is 5.82 Å². The number of ether oxygens (including phenoxy) is 1. The first-order valence-corrected chi connectivity index (χ1v) is 7.67. The summed E-state index contributed by atoms with van der Waals surface area (Å²) in [6, 6.07) is 5.80. The number of nitrogens with zero attached hydrogens (tertiary/aromatic N) is 5. The molecule has 27 heavy (non-hydrogen) atoms. The van der Waals surface area contributed by atoms with E-state index in [4.69, 9.17) is 0 Å². The molecular weight excluding hydrogens is 365 g/mol. The number of carbonyl (C=O) groups excluding carboxylic acids is 1. The first-order valence-electron chi connectivity index (χ1n) is 7.67. The van der Waals surface area contributed by atoms with Crippen LogP contribution in [-0.4, -0.2) is 37.0 Å². The molecule has 3 rings (SSSR count). The van der Waals surface area contributed by atoms with E-state index in [-0.39, 0.29) is 11.5 Å². The predicted octanol–water partition coefficient (Wildman–Crippen LogP) is 2.45. The van der Waals surface area contributed by atoms with Crippen molar-refractivity contribution in [2.75, 3.05) is 0 Å². The maximum Gasteiger partial charge on any atom is 0.573 e. The third-order valence-corrected chi connectivity index (χ3v) is 3.38. The van der Waals surface area contributed by atoms with Crippen LogP contribution in [0.4, 0.5) is 13.2 Å². The van der Waals surface area contributed by atoms with E-state index in [0.717, 1.165) is 12.1 Å². The molecule has 0 radical (unpaired) electrons. The first-order chi connectivity index (χ1) is 12.8. The molecule has 140 valence electrons. The second-order valence-corrected chi connectivity index (χ2v) is 5.35. The highest BCUT2D eigenvalue weighted by Gasteiger charge is 2.31. The van der Waals surface area contributed by atoms with E-state index < -0.39 is 24.1 Å². The van der Waals surface area contributed by atoms with Gasteiger partial charge in [-0.25, -0.2) is 15.0 Å². The van der Waals surface area contributed by atoms with Gasteiger partial charge in [-0.3, -0.25) is 4.79 Å². The molecule has 1 N–H and O–H groups in total. The quantitative estimate of drug-likeness (QED) is 0.733. The minimum Gasteiger partial charge on any atom is -0.406 e. The van der Waals surface area contributed by atoms with Gasteiger partial charge in [-0.1, -0.05) is 6.07 Å². The third kappa shape index (κ3) is 4.57. The SMILES string of the molecule is CC(NC(=O)c1cccc(OC(F)(F)F)c1)c1ncnn1-c1ncccn1. The molecule has 2 heterocycles. The van der Waals surface area contributed by atoms with Gasteiger partial charge in [0.15, 0.2) is 5.82 Å². The summed E-state index contributed by atoms with van der Waals surface area (Å²) in [5.41, 5.74) is 0.00521. The average molecular weight is 378 g/mol. The average Bonchev–Trinajstić information content (AvgIpc) is 3.11. The van der Waals surface area contributed by atoms with Gasteiger partial charge in [-0.15, -0.1) is 13.2 Å². The fraction of sp³-hybridized carbons (Fsp3) is 0.188. The molecule has 3 aromatic rings. The van der Waals surface area contributed by atoms with Crippen molar-refractivity contribution in [1.82, 2.24) is 30.0 Å². The lowest BCUT2D eigenvalue weighted by Gasteiger charge is -2.14. The molecule has 1 aromatic carbocycles. The van der Waals surface area contributed by atoms with E-state index >= 15 is 0 Å². The van der Waals surface area contributed by atoms with Crippen molar-refractivity contribution in [3.05, 3.63) is 60.4 Å². The second kappa shape index (κ2) is 7.40. The zero-order chi connectivity index (χ0) is 19.4. The number of carbonyl (C=O) groups is 1. The van der Waals surface area contributed by atoms with Gasteiger partial charge in [0, 0.05) is 18.0 Å². The van der Waals surface area contributed by atoms with Crippen molar-refractivity contribution >= 4 is 5.91 Å². The van der Waals surface area contributed by atoms with Gasteiger partial charge in [-0.05, 0) is 31.2 Å². The van der Waals surface area contributed by atoms with Crippen LogP contribution >= 0.6 is 0 Å². The summed E-state index contributed by atoms with van der Waals surface area (Å²) in [6.45, 7) is 1.65. The van der Waals surface area contributed by atoms with Gasteiger partial charge in [0.1, 0.15) is 12.1 Å². The summed E-state index contributed by atoms with van der Waals surface area (Å²) in [5, 5.41) is 6.67. The Bertz CT molecular complexity index is 929. The molecule has 1 unspecified atom stereocenters. The Balaban J connectivity index is 1.76. The Hall–Kier alpha value is -3.50. The van der Waals surface area contributed by atoms with Crippen molar-refractivity contribution in [3.8, 4) is 11.7 Å². The van der Waals surface area contributed by atoms with Crippen LogP contribution in [0.15, 0.2) is 49.1 Å². The number of benzene rings is 1. The van der Waals surface area contributed by atoms with Gasteiger partial charge in [0.25, 0.3) is 11.9 Å². The summed E-state index contributed by atoms with van der Waals surface area (Å²) < 4.78 is 42.1. The molecule has 0 aliphatic heterocycles. The number of halogens is 3. The van der Waals surface area contributed by atoms with Crippen LogP contribution in [-0.2, 0) is 0 Å². The Labute approximate surface area is 151 Å². The van der Waals surface area contributed by atoms with E-state index in [2.05, 4.69) is 30.1 Å². The first kappa shape index (κ1) is 18.3. The van der Waals surface area contributed by atoms with Crippen LogP contribution in [0.25, 0.3) is 5.95 Å². The number of alkyl halides is 3. The summed E-state index contributed by atoms with van der Waals surface area (Å²) in [7, 11) is 0. The lowest BCUT2D eigenvalue weighted by molar-refractivity contribution is -0.274. The molecule has 8 nitrogen and oxygen atoms in total. The van der Waals surface area contributed by atoms with Crippen molar-refractivity contribution < 1.29 is 22.7 Å². The molecule has 2 aromatic heterocycles. The smallest absolute Gasteiger partial charge is 0.406 e. The highest BCUT2D eigenvalue weighted by molar-refractivity contribution is 5.94. The summed E-state index contributed by atoms with van der Waals surface area (Å²) in [5.74, 6) is -0.453. The Kier molecular flexibility index (Phi) is 5.01. The van der Waals surface area contributed by atoms with Crippen molar-refractivity contribution in [1.29, 1.82) is 0 Å². The van der Waals surface area contributed by atoms with E-state index in [9.17, 15) is 18.0 Å². The van der Waals surface area contributed by atoms with Crippen molar-refractivity contribution in [3.63, 3.8) is 0 Å². The number of hydrogen-bond donors (Lipinski definition) is 1. The fourth-order valence-electron chi connectivity index (χ4n) is 2.28. The fourth-order valence-corrected chi connectivity index (χ4v) is 2.28. The maximum atomic E-state index is 12.4. The van der Waals surface area contributed by atoms with Crippen LogP contribution in [0.5, 0.6) is 5.75 Å². The summed E-state index contributed by atoms with van der Waals surface area (Å²) in [4.78, 5) is 24.6. The van der Waals surface area contributed by atoms with Crippen LogP contribution < -0.4 is 10.1 Å². The molecule has 0 saturated heterocycles. The van der Waals surface area contributed by atoms with E-state index in [1.165, 1.54) is 35.5 Å². The standard InChI is InChI=1S/C16H13F3N6O2/c1-10(13-22-9-23-25(13)15-20-6-3-7-21-15)24-14(26)11-4-2-5-12(8-11)27-16(17,18)19/h2-10H,1H3,(H,24,26). The third-order valence-electron chi connectivity index (χ3n) is 3.38. The molecule has 0 fully saturated rings. The molecule has 0 spiro atoms. The van der Waals surface area contributed by atoms with Gasteiger partial charge in [0.2, 0.25) is 0 Å². The number of hydrogen-bond acceptors (Lipinski definition) is 6. The molecule has 0 bridgehead atoms. The molecule has 0 aliphatic carbocycles. The Morgan fingerprint density at radius 2 is 1.93 bits per heavy atom. The topological polar surface area (TPSA) is 94.8 Å². The molecule has 11 heteroatoms. The van der Waals surface area contributed by atoms with Gasteiger partial charge >= 0.3 is 6.36 Å². The molecule has 1 amide bonds. The molecular formula is C16H13F3N6O2. The number of aromatic nitrogens is 5. The zero-order valence-electron chi connectivity index (χ0n) is 13.9. The molecule has 1 atom stereocenters. The molecule has 0 saturated carbocycles. The van der Waals surface area contributed by atoms with E-state index in [1.807, 2.05) is 0 Å². The minimum atomic E-state index is -4.84. The summed E-state index contributed by atoms with van der Waals surface area (Å²) in [6.07, 6.45) is -0.493. The Morgan fingerprint density at radius 3 is 2.63 bits per heavy atom.